The molecule has 24 heavy (non-hydrogen) atoms. The number of hydrogen-bond acceptors (Lipinski definition) is 4. The van der Waals surface area contributed by atoms with Crippen molar-refractivity contribution in [2.45, 2.75) is 46.1 Å². The standard InChI is InChI=1S/C18H25N5O/c1-3-8-23-18(6-7-21-23)17-11-16(19-13-20-17)10-15-5-4-9-22(12-15)14(2)24/h6-7,11,13,15H,3-5,8-10,12H2,1-2H3/t15-/m0/s1. The van der Waals surface area contributed by atoms with Crippen molar-refractivity contribution in [1.29, 1.82) is 0 Å². The summed E-state index contributed by atoms with van der Waals surface area (Å²) in [6, 6.07) is 4.07. The summed E-state index contributed by atoms with van der Waals surface area (Å²) in [5.74, 6) is 0.650. The lowest BCUT2D eigenvalue weighted by Crippen LogP contribution is -2.39. The smallest absolute Gasteiger partial charge is 0.219 e. The van der Waals surface area contributed by atoms with Gasteiger partial charge in [-0.05, 0) is 43.7 Å². The molecule has 1 saturated heterocycles. The van der Waals surface area contributed by atoms with E-state index in [1.165, 1.54) is 0 Å². The average Bonchev–Trinajstić information content (AvgIpc) is 3.04. The Morgan fingerprint density at radius 3 is 3.04 bits per heavy atom. The Hall–Kier alpha value is -2.24. The molecule has 3 heterocycles. The van der Waals surface area contributed by atoms with Gasteiger partial charge in [-0.2, -0.15) is 5.10 Å². The summed E-state index contributed by atoms with van der Waals surface area (Å²) in [6.07, 6.45) is 7.61. The Morgan fingerprint density at radius 2 is 2.25 bits per heavy atom. The quantitative estimate of drug-likeness (QED) is 0.846. The highest BCUT2D eigenvalue weighted by atomic mass is 16.2. The molecule has 2 aromatic rings. The van der Waals surface area contributed by atoms with Gasteiger partial charge < -0.3 is 4.90 Å². The van der Waals surface area contributed by atoms with Crippen LogP contribution >= 0.6 is 0 Å². The lowest BCUT2D eigenvalue weighted by molar-refractivity contribution is -0.130. The number of amides is 1. The summed E-state index contributed by atoms with van der Waals surface area (Å²) in [5, 5.41) is 4.37. The molecule has 0 aliphatic carbocycles. The molecule has 0 radical (unpaired) electrons. The number of carbonyl (C=O) groups is 1. The van der Waals surface area contributed by atoms with E-state index in [2.05, 4.69) is 28.1 Å². The van der Waals surface area contributed by atoms with E-state index in [0.717, 1.165) is 62.4 Å². The van der Waals surface area contributed by atoms with E-state index in [9.17, 15) is 4.79 Å². The maximum Gasteiger partial charge on any atom is 0.219 e. The van der Waals surface area contributed by atoms with Gasteiger partial charge in [-0.25, -0.2) is 9.97 Å². The van der Waals surface area contributed by atoms with Crippen molar-refractivity contribution in [1.82, 2.24) is 24.6 Å². The Balaban J connectivity index is 1.73. The first-order valence-corrected chi connectivity index (χ1v) is 8.76. The highest BCUT2D eigenvalue weighted by Gasteiger charge is 2.22. The van der Waals surface area contributed by atoms with Gasteiger partial charge >= 0.3 is 0 Å². The fraction of sp³-hybridized carbons (Fsp3) is 0.556. The molecule has 1 amide bonds. The van der Waals surface area contributed by atoms with Crippen LogP contribution in [0.2, 0.25) is 0 Å². The van der Waals surface area contributed by atoms with Crippen LogP contribution < -0.4 is 0 Å². The molecule has 0 spiro atoms. The largest absolute Gasteiger partial charge is 0.343 e. The molecule has 6 heteroatoms. The van der Waals surface area contributed by atoms with Crippen LogP contribution in [0.4, 0.5) is 0 Å². The fourth-order valence-electron chi connectivity index (χ4n) is 3.40. The van der Waals surface area contributed by atoms with Crippen LogP contribution in [0.5, 0.6) is 0 Å². The van der Waals surface area contributed by atoms with E-state index in [1.54, 1.807) is 13.3 Å². The van der Waals surface area contributed by atoms with Crippen LogP contribution in [0.1, 0.15) is 38.8 Å². The minimum absolute atomic E-state index is 0.173. The Morgan fingerprint density at radius 1 is 1.38 bits per heavy atom. The van der Waals surface area contributed by atoms with E-state index in [0.29, 0.717) is 5.92 Å². The number of likely N-dealkylation sites (tertiary alicyclic amines) is 1. The number of nitrogens with zero attached hydrogens (tertiary/aromatic N) is 5. The Labute approximate surface area is 142 Å². The number of piperidine rings is 1. The SMILES string of the molecule is CCCn1nccc1-c1cc(C[C@@H]2CCCN(C(C)=O)C2)ncn1. The molecule has 6 nitrogen and oxygen atoms in total. The molecule has 2 aromatic heterocycles. The summed E-state index contributed by atoms with van der Waals surface area (Å²) in [7, 11) is 0. The van der Waals surface area contributed by atoms with Gasteiger partial charge in [0.15, 0.2) is 0 Å². The number of hydrogen-bond donors (Lipinski definition) is 0. The zero-order valence-electron chi connectivity index (χ0n) is 14.5. The molecular weight excluding hydrogens is 302 g/mol. The van der Waals surface area contributed by atoms with Gasteiger partial charge in [0.05, 0.1) is 11.4 Å². The zero-order valence-corrected chi connectivity index (χ0v) is 14.5. The van der Waals surface area contributed by atoms with Crippen molar-refractivity contribution < 1.29 is 4.79 Å². The Bertz CT molecular complexity index is 696. The monoisotopic (exact) mass is 327 g/mol. The minimum atomic E-state index is 0.173. The highest BCUT2D eigenvalue weighted by molar-refractivity contribution is 5.73. The second kappa shape index (κ2) is 7.55. The van der Waals surface area contributed by atoms with Crippen LogP contribution in [-0.4, -0.2) is 43.6 Å². The third-order valence-corrected chi connectivity index (χ3v) is 4.60. The van der Waals surface area contributed by atoms with Gasteiger partial charge in [-0.1, -0.05) is 6.92 Å². The Kier molecular flexibility index (Phi) is 5.23. The number of rotatable bonds is 5. The zero-order chi connectivity index (χ0) is 16.9. The molecule has 0 bridgehead atoms. The molecule has 128 valence electrons. The van der Waals surface area contributed by atoms with Crippen molar-refractivity contribution in [3.8, 4) is 11.4 Å². The molecule has 0 N–H and O–H groups in total. The van der Waals surface area contributed by atoms with E-state index in [4.69, 9.17) is 0 Å². The normalized spacial score (nSPS) is 17.9. The first-order valence-electron chi connectivity index (χ1n) is 8.76. The van der Waals surface area contributed by atoms with Crippen molar-refractivity contribution in [2.24, 2.45) is 5.92 Å². The summed E-state index contributed by atoms with van der Waals surface area (Å²) >= 11 is 0. The van der Waals surface area contributed by atoms with Crippen molar-refractivity contribution in [3.05, 3.63) is 30.4 Å². The molecular formula is C18H25N5O. The van der Waals surface area contributed by atoms with Gasteiger partial charge in [-0.15, -0.1) is 0 Å². The summed E-state index contributed by atoms with van der Waals surface area (Å²) in [5.41, 5.74) is 3.00. The van der Waals surface area contributed by atoms with E-state index < -0.39 is 0 Å². The second-order valence-electron chi connectivity index (χ2n) is 6.51. The minimum Gasteiger partial charge on any atom is -0.343 e. The lowest BCUT2D eigenvalue weighted by Gasteiger charge is -2.31. The predicted molar refractivity (Wildman–Crippen MR) is 92.2 cm³/mol. The molecule has 3 rings (SSSR count). The van der Waals surface area contributed by atoms with Crippen LogP contribution in [0.15, 0.2) is 24.7 Å². The van der Waals surface area contributed by atoms with Gasteiger partial charge in [0, 0.05) is 38.4 Å². The topological polar surface area (TPSA) is 63.9 Å². The molecule has 1 fully saturated rings. The van der Waals surface area contributed by atoms with E-state index in [-0.39, 0.29) is 5.91 Å². The van der Waals surface area contributed by atoms with Crippen molar-refractivity contribution >= 4 is 5.91 Å². The van der Waals surface area contributed by atoms with Crippen molar-refractivity contribution in [3.63, 3.8) is 0 Å². The van der Waals surface area contributed by atoms with Crippen molar-refractivity contribution in [2.75, 3.05) is 13.1 Å². The van der Waals surface area contributed by atoms with Gasteiger partial charge in [0.25, 0.3) is 0 Å². The van der Waals surface area contributed by atoms with Gasteiger partial charge in [0.2, 0.25) is 5.91 Å². The maximum absolute atomic E-state index is 11.6. The van der Waals surface area contributed by atoms with Crippen LogP contribution in [0.3, 0.4) is 0 Å². The third kappa shape index (κ3) is 3.80. The van der Waals surface area contributed by atoms with Crippen LogP contribution in [0.25, 0.3) is 11.4 Å². The van der Waals surface area contributed by atoms with Crippen LogP contribution in [0, 0.1) is 5.92 Å². The molecule has 0 saturated carbocycles. The number of aromatic nitrogens is 4. The molecule has 0 aromatic carbocycles. The molecule has 0 unspecified atom stereocenters. The first-order chi connectivity index (χ1) is 11.7. The maximum atomic E-state index is 11.6. The van der Waals surface area contributed by atoms with Gasteiger partial charge in [0.1, 0.15) is 6.33 Å². The van der Waals surface area contributed by atoms with Gasteiger partial charge in [-0.3, -0.25) is 9.48 Å². The molecule has 1 aliphatic rings. The first kappa shape index (κ1) is 16.6. The third-order valence-electron chi connectivity index (χ3n) is 4.60. The summed E-state index contributed by atoms with van der Waals surface area (Å²) < 4.78 is 1.99. The number of aryl methyl sites for hydroxylation is 1. The molecule has 1 aliphatic heterocycles. The van der Waals surface area contributed by atoms with Crippen LogP contribution in [-0.2, 0) is 17.8 Å². The lowest BCUT2D eigenvalue weighted by atomic mass is 9.93. The highest BCUT2D eigenvalue weighted by Crippen LogP contribution is 2.22. The predicted octanol–water partition coefficient (Wildman–Crippen LogP) is 2.55. The van der Waals surface area contributed by atoms with E-state index >= 15 is 0 Å². The fourth-order valence-corrected chi connectivity index (χ4v) is 3.40. The number of carbonyl (C=O) groups excluding carboxylic acids is 1. The molecule has 1 atom stereocenters. The van der Waals surface area contributed by atoms with E-state index in [1.807, 2.05) is 21.8 Å². The summed E-state index contributed by atoms with van der Waals surface area (Å²) in [6.45, 7) is 6.40. The second-order valence-corrected chi connectivity index (χ2v) is 6.51. The average molecular weight is 327 g/mol. The summed E-state index contributed by atoms with van der Waals surface area (Å²) in [4.78, 5) is 22.4.